The second-order valence-corrected chi connectivity index (χ2v) is 5.82. The molecule has 3 heteroatoms. The van der Waals surface area contributed by atoms with Crippen molar-refractivity contribution in [3.8, 4) is 0 Å². The van der Waals surface area contributed by atoms with Gasteiger partial charge >= 0.3 is 5.97 Å². The Hall–Kier alpha value is -0.830. The van der Waals surface area contributed by atoms with Crippen molar-refractivity contribution in [2.45, 2.75) is 45.3 Å². The number of carbonyl (C=O) groups is 1. The standard InChI is InChI=1S/C14H20O3/c1-7-9-4-3-5-12(15)10(9)6-11-13(7)8(2)17-14(11)16/h6-9,11-13,15H,3-5H2,1-2H3/t7-,8+,9-,11+,12-,13+/m0/s1. The zero-order chi connectivity index (χ0) is 12.2. The van der Waals surface area contributed by atoms with Gasteiger partial charge in [-0.2, -0.15) is 0 Å². The summed E-state index contributed by atoms with van der Waals surface area (Å²) in [6.07, 6.45) is 4.80. The van der Waals surface area contributed by atoms with Crippen LogP contribution in [0.4, 0.5) is 0 Å². The van der Waals surface area contributed by atoms with Gasteiger partial charge in [-0.1, -0.05) is 13.0 Å². The van der Waals surface area contributed by atoms with E-state index in [9.17, 15) is 9.90 Å². The maximum atomic E-state index is 11.8. The number of carbonyl (C=O) groups excluding carboxylic acids is 1. The molecule has 0 amide bonds. The van der Waals surface area contributed by atoms with Crippen LogP contribution >= 0.6 is 0 Å². The second kappa shape index (κ2) is 3.84. The maximum Gasteiger partial charge on any atom is 0.313 e. The number of fused-ring (bicyclic) bond motifs is 2. The summed E-state index contributed by atoms with van der Waals surface area (Å²) < 4.78 is 5.35. The molecule has 1 saturated heterocycles. The van der Waals surface area contributed by atoms with Gasteiger partial charge in [-0.15, -0.1) is 0 Å². The third kappa shape index (κ3) is 1.55. The Bertz CT molecular complexity index is 374. The predicted molar refractivity (Wildman–Crippen MR) is 63.1 cm³/mol. The van der Waals surface area contributed by atoms with E-state index < -0.39 is 0 Å². The first-order valence-corrected chi connectivity index (χ1v) is 6.69. The van der Waals surface area contributed by atoms with Crippen LogP contribution in [0.2, 0.25) is 0 Å². The fraction of sp³-hybridized carbons (Fsp3) is 0.786. The third-order valence-corrected chi connectivity index (χ3v) is 4.95. The molecule has 0 radical (unpaired) electrons. The summed E-state index contributed by atoms with van der Waals surface area (Å²) in [5, 5.41) is 10.1. The van der Waals surface area contributed by atoms with E-state index in [-0.39, 0.29) is 24.1 Å². The summed E-state index contributed by atoms with van der Waals surface area (Å²) in [5.41, 5.74) is 1.11. The van der Waals surface area contributed by atoms with E-state index in [1.165, 1.54) is 0 Å². The molecule has 0 aromatic carbocycles. The molecule has 0 spiro atoms. The van der Waals surface area contributed by atoms with E-state index in [0.29, 0.717) is 17.8 Å². The molecule has 0 unspecified atom stereocenters. The zero-order valence-corrected chi connectivity index (χ0v) is 10.4. The molecule has 94 valence electrons. The minimum atomic E-state index is -0.333. The highest BCUT2D eigenvalue weighted by Gasteiger charge is 2.50. The third-order valence-electron chi connectivity index (χ3n) is 4.95. The van der Waals surface area contributed by atoms with E-state index in [4.69, 9.17) is 4.74 Å². The summed E-state index contributed by atoms with van der Waals surface area (Å²) in [6, 6.07) is 0. The topological polar surface area (TPSA) is 46.5 Å². The minimum Gasteiger partial charge on any atom is -0.462 e. The van der Waals surface area contributed by atoms with Gasteiger partial charge in [-0.05, 0) is 43.6 Å². The Morgan fingerprint density at radius 1 is 1.35 bits per heavy atom. The maximum absolute atomic E-state index is 11.8. The van der Waals surface area contributed by atoms with E-state index in [1.54, 1.807) is 0 Å². The average molecular weight is 236 g/mol. The van der Waals surface area contributed by atoms with Crippen LogP contribution in [-0.4, -0.2) is 23.3 Å². The monoisotopic (exact) mass is 236 g/mol. The molecule has 0 aromatic heterocycles. The van der Waals surface area contributed by atoms with Crippen LogP contribution in [0.5, 0.6) is 0 Å². The predicted octanol–water partition coefficient (Wildman–Crippen LogP) is 1.90. The normalized spacial score (nSPS) is 49.1. The lowest BCUT2D eigenvalue weighted by atomic mass is 9.63. The summed E-state index contributed by atoms with van der Waals surface area (Å²) in [7, 11) is 0. The van der Waals surface area contributed by atoms with Crippen molar-refractivity contribution in [1.29, 1.82) is 0 Å². The summed E-state index contributed by atoms with van der Waals surface area (Å²) in [5.74, 6) is 0.993. The van der Waals surface area contributed by atoms with Crippen LogP contribution < -0.4 is 0 Å². The smallest absolute Gasteiger partial charge is 0.313 e. The van der Waals surface area contributed by atoms with Gasteiger partial charge in [0.1, 0.15) is 6.10 Å². The quantitative estimate of drug-likeness (QED) is 0.516. The van der Waals surface area contributed by atoms with Crippen LogP contribution in [0.15, 0.2) is 11.6 Å². The Morgan fingerprint density at radius 2 is 2.12 bits per heavy atom. The molecule has 6 atom stereocenters. The van der Waals surface area contributed by atoms with Crippen molar-refractivity contribution in [1.82, 2.24) is 0 Å². The summed E-state index contributed by atoms with van der Waals surface area (Å²) in [6.45, 7) is 4.21. The van der Waals surface area contributed by atoms with Crippen LogP contribution in [-0.2, 0) is 9.53 Å². The Morgan fingerprint density at radius 3 is 2.88 bits per heavy atom. The highest BCUT2D eigenvalue weighted by Crippen LogP contribution is 2.49. The van der Waals surface area contributed by atoms with E-state index in [0.717, 1.165) is 24.8 Å². The Balaban J connectivity index is 1.99. The van der Waals surface area contributed by atoms with Crippen LogP contribution in [0.1, 0.15) is 33.1 Å². The number of hydrogen-bond donors (Lipinski definition) is 1. The zero-order valence-electron chi connectivity index (χ0n) is 10.4. The van der Waals surface area contributed by atoms with Gasteiger partial charge in [-0.3, -0.25) is 4.79 Å². The lowest BCUT2D eigenvalue weighted by Gasteiger charge is -2.41. The number of aliphatic hydroxyl groups excluding tert-OH is 1. The molecular weight excluding hydrogens is 216 g/mol. The van der Waals surface area contributed by atoms with E-state index in [1.807, 2.05) is 13.0 Å². The number of aliphatic hydroxyl groups is 1. The van der Waals surface area contributed by atoms with Crippen LogP contribution in [0, 0.1) is 23.7 Å². The SMILES string of the molecule is C[C@@H]1[C@@H]2[C@@H](C)OC(=O)[C@@H]2C=C2[C@H]1CCC[C@@H]2O. The van der Waals surface area contributed by atoms with Gasteiger partial charge in [-0.25, -0.2) is 0 Å². The Kier molecular flexibility index (Phi) is 2.54. The number of ether oxygens (including phenoxy) is 1. The molecule has 3 nitrogen and oxygen atoms in total. The van der Waals surface area contributed by atoms with Gasteiger partial charge in [0.15, 0.2) is 0 Å². The second-order valence-electron chi connectivity index (χ2n) is 5.82. The van der Waals surface area contributed by atoms with E-state index in [2.05, 4.69) is 6.92 Å². The molecule has 1 aliphatic heterocycles. The fourth-order valence-electron chi connectivity index (χ4n) is 4.11. The van der Waals surface area contributed by atoms with E-state index >= 15 is 0 Å². The molecule has 3 rings (SSSR count). The fourth-order valence-corrected chi connectivity index (χ4v) is 4.11. The highest BCUT2D eigenvalue weighted by atomic mass is 16.6. The van der Waals surface area contributed by atoms with Crippen molar-refractivity contribution in [2.24, 2.45) is 23.7 Å². The molecule has 0 aromatic rings. The molecule has 17 heavy (non-hydrogen) atoms. The number of rotatable bonds is 0. The van der Waals surface area contributed by atoms with Gasteiger partial charge in [0.2, 0.25) is 0 Å². The van der Waals surface area contributed by atoms with Crippen LogP contribution in [0.25, 0.3) is 0 Å². The molecule has 1 heterocycles. The van der Waals surface area contributed by atoms with Crippen molar-refractivity contribution in [3.05, 3.63) is 11.6 Å². The van der Waals surface area contributed by atoms with Gasteiger partial charge < -0.3 is 9.84 Å². The number of cyclic esters (lactones) is 1. The largest absolute Gasteiger partial charge is 0.462 e. The Labute approximate surface area is 102 Å². The van der Waals surface area contributed by atoms with Crippen molar-refractivity contribution in [2.75, 3.05) is 0 Å². The average Bonchev–Trinajstić information content (AvgIpc) is 2.57. The summed E-state index contributed by atoms with van der Waals surface area (Å²) >= 11 is 0. The summed E-state index contributed by atoms with van der Waals surface area (Å²) in [4.78, 5) is 11.8. The minimum absolute atomic E-state index is 0.0272. The van der Waals surface area contributed by atoms with Crippen molar-refractivity contribution >= 4 is 5.97 Å². The molecule has 0 bridgehead atoms. The molecule has 3 aliphatic rings. The highest BCUT2D eigenvalue weighted by molar-refractivity contribution is 5.78. The van der Waals surface area contributed by atoms with Gasteiger partial charge in [0, 0.05) is 5.92 Å². The molecular formula is C14H20O3. The van der Waals surface area contributed by atoms with Gasteiger partial charge in [0.05, 0.1) is 12.0 Å². The lowest BCUT2D eigenvalue weighted by molar-refractivity contribution is -0.142. The van der Waals surface area contributed by atoms with Crippen molar-refractivity contribution in [3.63, 3.8) is 0 Å². The van der Waals surface area contributed by atoms with Gasteiger partial charge in [0.25, 0.3) is 0 Å². The number of esters is 1. The lowest BCUT2D eigenvalue weighted by Crippen LogP contribution is -2.40. The first-order valence-electron chi connectivity index (χ1n) is 6.69. The molecule has 2 aliphatic carbocycles. The number of hydrogen-bond acceptors (Lipinski definition) is 3. The first kappa shape index (κ1) is 11.3. The molecule has 1 N–H and O–H groups in total. The van der Waals surface area contributed by atoms with Crippen LogP contribution in [0.3, 0.4) is 0 Å². The molecule has 1 saturated carbocycles. The first-order chi connectivity index (χ1) is 8.09. The molecule has 2 fully saturated rings. The van der Waals surface area contributed by atoms with Crippen molar-refractivity contribution < 1.29 is 14.6 Å².